The number of amides is 1. The van der Waals surface area contributed by atoms with E-state index < -0.39 is 5.97 Å². The maximum Gasteiger partial charge on any atom is 0.398 e. The molecular weight excluding hydrogens is 223 g/mol. The molecule has 0 aliphatic rings. The second-order valence-electron chi connectivity index (χ2n) is 3.05. The molecule has 0 unspecified atom stereocenters. The Bertz CT molecular complexity index is 378. The number of rotatable bonds is 3. The maximum atomic E-state index is 11.5. The highest BCUT2D eigenvalue weighted by Gasteiger charge is 2.15. The summed E-state index contributed by atoms with van der Waals surface area (Å²) in [4.78, 5) is 28.6. The summed E-state index contributed by atoms with van der Waals surface area (Å²) in [7, 11) is 0. The smallest absolute Gasteiger partial charge is 0.302 e. The monoisotopic (exact) mass is 232 g/mol. The number of anilines is 1. The number of aromatic nitrogens is 1. The molecule has 82 valence electrons. The van der Waals surface area contributed by atoms with Crippen LogP contribution in [0.4, 0.5) is 9.66 Å². The van der Waals surface area contributed by atoms with Crippen LogP contribution >= 0.6 is 11.3 Å². The number of carbonyl (C=O) groups is 2. The molecule has 0 bridgehead atoms. The SMILES string of the molecule is CC(C)C(=O)Nc1nc(C(=O)OF)cs1. The van der Waals surface area contributed by atoms with Gasteiger partial charge in [-0.15, -0.1) is 11.3 Å². The Morgan fingerprint density at radius 2 is 2.27 bits per heavy atom. The van der Waals surface area contributed by atoms with Crippen molar-refractivity contribution < 1.29 is 19.1 Å². The van der Waals surface area contributed by atoms with Crippen molar-refractivity contribution in [2.75, 3.05) is 5.32 Å². The highest BCUT2D eigenvalue weighted by atomic mass is 32.1. The van der Waals surface area contributed by atoms with E-state index in [0.29, 0.717) is 0 Å². The lowest BCUT2D eigenvalue weighted by molar-refractivity contribution is -0.118. The molecule has 7 heteroatoms. The van der Waals surface area contributed by atoms with Gasteiger partial charge in [0.1, 0.15) is 0 Å². The fraction of sp³-hybridized carbons (Fsp3) is 0.375. The first kappa shape index (κ1) is 11.6. The Hall–Kier alpha value is -1.50. The van der Waals surface area contributed by atoms with Crippen molar-refractivity contribution >= 4 is 28.3 Å². The van der Waals surface area contributed by atoms with Crippen molar-refractivity contribution in [2.45, 2.75) is 13.8 Å². The lowest BCUT2D eigenvalue weighted by Crippen LogP contribution is -2.17. The zero-order chi connectivity index (χ0) is 11.4. The summed E-state index contributed by atoms with van der Waals surface area (Å²) in [6, 6.07) is 0. The summed E-state index contributed by atoms with van der Waals surface area (Å²) in [5.41, 5.74) is -0.165. The van der Waals surface area contributed by atoms with Gasteiger partial charge in [0, 0.05) is 15.8 Å². The third kappa shape index (κ3) is 2.98. The zero-order valence-corrected chi connectivity index (χ0v) is 8.93. The average molecular weight is 232 g/mol. The van der Waals surface area contributed by atoms with E-state index in [0.717, 1.165) is 11.3 Å². The molecule has 15 heavy (non-hydrogen) atoms. The zero-order valence-electron chi connectivity index (χ0n) is 8.11. The van der Waals surface area contributed by atoms with Gasteiger partial charge in [-0.2, -0.15) is 0 Å². The van der Waals surface area contributed by atoms with Crippen LogP contribution in [-0.4, -0.2) is 16.9 Å². The minimum absolute atomic E-state index is 0.165. The molecule has 0 saturated carbocycles. The van der Waals surface area contributed by atoms with Gasteiger partial charge in [0.2, 0.25) is 5.91 Å². The van der Waals surface area contributed by atoms with Crippen LogP contribution in [-0.2, 0) is 9.74 Å². The topological polar surface area (TPSA) is 68.3 Å². The molecule has 1 amide bonds. The standard InChI is InChI=1S/C8H9FN2O3S/c1-4(2)6(12)11-8-10-5(3-15-8)7(13)14-9/h3-4H,1-2H3,(H,10,11,12). The number of nitrogens with one attached hydrogen (secondary N) is 1. The molecule has 1 aromatic heterocycles. The molecule has 0 aromatic carbocycles. The lowest BCUT2D eigenvalue weighted by Gasteiger charge is -2.02. The van der Waals surface area contributed by atoms with Crippen molar-refractivity contribution in [1.82, 2.24) is 4.98 Å². The van der Waals surface area contributed by atoms with Gasteiger partial charge < -0.3 is 5.32 Å². The maximum absolute atomic E-state index is 11.5. The summed E-state index contributed by atoms with van der Waals surface area (Å²) in [5.74, 6) is -1.58. The Labute approximate surface area is 89.2 Å². The van der Waals surface area contributed by atoms with Crippen molar-refractivity contribution in [3.8, 4) is 0 Å². The Morgan fingerprint density at radius 1 is 1.60 bits per heavy atom. The van der Waals surface area contributed by atoms with E-state index in [9.17, 15) is 14.1 Å². The third-order valence-electron chi connectivity index (χ3n) is 1.54. The first-order valence-electron chi connectivity index (χ1n) is 4.14. The van der Waals surface area contributed by atoms with Crippen LogP contribution in [0.25, 0.3) is 0 Å². The molecule has 0 aliphatic carbocycles. The largest absolute Gasteiger partial charge is 0.398 e. The second kappa shape index (κ2) is 4.83. The molecule has 1 rings (SSSR count). The quantitative estimate of drug-likeness (QED) is 0.862. The number of hydrogen-bond acceptors (Lipinski definition) is 5. The van der Waals surface area contributed by atoms with E-state index in [1.54, 1.807) is 13.8 Å². The fourth-order valence-electron chi connectivity index (χ4n) is 0.714. The highest BCUT2D eigenvalue weighted by Crippen LogP contribution is 2.16. The summed E-state index contributed by atoms with van der Waals surface area (Å²) < 4.78 is 11.5. The van der Waals surface area contributed by atoms with Crippen molar-refractivity contribution in [3.05, 3.63) is 11.1 Å². The second-order valence-corrected chi connectivity index (χ2v) is 3.90. The van der Waals surface area contributed by atoms with Crippen LogP contribution in [0.15, 0.2) is 5.38 Å². The Balaban J connectivity index is 2.69. The van der Waals surface area contributed by atoms with Gasteiger partial charge in [-0.05, 0) is 0 Å². The predicted molar refractivity (Wildman–Crippen MR) is 52.1 cm³/mol. The first-order valence-corrected chi connectivity index (χ1v) is 5.02. The van der Waals surface area contributed by atoms with Gasteiger partial charge in [-0.25, -0.2) is 14.7 Å². The molecular formula is C8H9FN2O3S. The Kier molecular flexibility index (Phi) is 3.73. The van der Waals surface area contributed by atoms with E-state index in [4.69, 9.17) is 0 Å². The van der Waals surface area contributed by atoms with Gasteiger partial charge in [-0.3, -0.25) is 4.79 Å². The van der Waals surface area contributed by atoms with Crippen LogP contribution in [0.1, 0.15) is 24.3 Å². The van der Waals surface area contributed by atoms with Gasteiger partial charge in [0.15, 0.2) is 10.8 Å². The van der Waals surface area contributed by atoms with E-state index in [2.05, 4.69) is 15.2 Å². The normalized spacial score (nSPS) is 10.1. The summed E-state index contributed by atoms with van der Waals surface area (Å²) >= 11 is 1.03. The van der Waals surface area contributed by atoms with Gasteiger partial charge >= 0.3 is 5.97 Å². The van der Waals surface area contributed by atoms with Crippen LogP contribution in [0.3, 0.4) is 0 Å². The van der Waals surface area contributed by atoms with Crippen LogP contribution in [0.5, 0.6) is 0 Å². The van der Waals surface area contributed by atoms with E-state index in [1.165, 1.54) is 5.38 Å². The summed E-state index contributed by atoms with van der Waals surface area (Å²) in [5, 5.41) is 4.03. The van der Waals surface area contributed by atoms with Crippen molar-refractivity contribution in [1.29, 1.82) is 0 Å². The van der Waals surface area contributed by atoms with Crippen LogP contribution in [0.2, 0.25) is 0 Å². The van der Waals surface area contributed by atoms with E-state index >= 15 is 0 Å². The summed E-state index contributed by atoms with van der Waals surface area (Å²) in [6.07, 6.45) is 0. The Morgan fingerprint density at radius 3 is 2.80 bits per heavy atom. The van der Waals surface area contributed by atoms with Crippen LogP contribution < -0.4 is 5.32 Å². The number of thiazole rings is 1. The molecule has 0 fully saturated rings. The van der Waals surface area contributed by atoms with Gasteiger partial charge in [0.25, 0.3) is 0 Å². The van der Waals surface area contributed by atoms with Crippen molar-refractivity contribution in [3.63, 3.8) is 0 Å². The first-order chi connectivity index (χ1) is 7.04. The van der Waals surface area contributed by atoms with Crippen molar-refractivity contribution in [2.24, 2.45) is 5.92 Å². The van der Waals surface area contributed by atoms with Gasteiger partial charge in [-0.1, -0.05) is 13.8 Å². The number of carbonyl (C=O) groups excluding carboxylic acids is 2. The van der Waals surface area contributed by atoms with E-state index in [1.807, 2.05) is 0 Å². The molecule has 5 nitrogen and oxygen atoms in total. The minimum atomic E-state index is -1.17. The molecule has 1 heterocycles. The fourth-order valence-corrected chi connectivity index (χ4v) is 1.40. The highest BCUT2D eigenvalue weighted by molar-refractivity contribution is 7.14. The molecule has 1 aromatic rings. The number of halogens is 1. The predicted octanol–water partition coefficient (Wildman–Crippen LogP) is 1.78. The molecule has 0 atom stereocenters. The molecule has 0 saturated heterocycles. The number of nitrogens with zero attached hydrogens (tertiary/aromatic N) is 1. The van der Waals surface area contributed by atoms with Crippen LogP contribution in [0, 0.1) is 5.92 Å². The molecule has 0 spiro atoms. The summed E-state index contributed by atoms with van der Waals surface area (Å²) in [6.45, 7) is 3.44. The molecule has 0 radical (unpaired) electrons. The molecule has 1 N–H and O–H groups in total. The minimum Gasteiger partial charge on any atom is -0.302 e. The third-order valence-corrected chi connectivity index (χ3v) is 2.30. The average Bonchev–Trinajstić information content (AvgIpc) is 2.65. The molecule has 0 aliphatic heterocycles. The lowest BCUT2D eigenvalue weighted by atomic mass is 10.2. The number of hydrogen-bond donors (Lipinski definition) is 1. The van der Waals surface area contributed by atoms with Gasteiger partial charge in [0.05, 0.1) is 0 Å². The van der Waals surface area contributed by atoms with E-state index in [-0.39, 0.29) is 22.7 Å².